The van der Waals surface area contributed by atoms with Gasteiger partial charge in [0.2, 0.25) is 0 Å². The van der Waals surface area contributed by atoms with Gasteiger partial charge in [-0.3, -0.25) is 5.32 Å². The molecule has 0 aliphatic heterocycles. The molecule has 1 amide bonds. The molecule has 3 N–H and O–H groups in total. The van der Waals surface area contributed by atoms with Crippen LogP contribution < -0.4 is 5.32 Å². The van der Waals surface area contributed by atoms with Crippen LogP contribution in [0.5, 0.6) is 0 Å². The lowest BCUT2D eigenvalue weighted by Gasteiger charge is -2.21. The molecule has 1 atom stereocenters. The third kappa shape index (κ3) is 2.10. The van der Waals surface area contributed by atoms with E-state index >= 15 is 0 Å². The molecule has 0 aromatic heterocycles. The average molecular weight is 207 g/mol. The van der Waals surface area contributed by atoms with Crippen LogP contribution in [-0.4, -0.2) is 16.3 Å². The third-order valence-corrected chi connectivity index (χ3v) is 2.68. The SMILES string of the molecule is O=C(O)Nc1ccc2c(c1)C(O)CCC2. The lowest BCUT2D eigenvalue weighted by atomic mass is 9.89. The molecule has 1 unspecified atom stereocenters. The number of nitrogens with one attached hydrogen (secondary N) is 1. The molecule has 1 aromatic rings. The number of aryl methyl sites for hydroxylation is 1. The van der Waals surface area contributed by atoms with Crippen LogP contribution in [0.25, 0.3) is 0 Å². The van der Waals surface area contributed by atoms with Crippen molar-refractivity contribution < 1.29 is 15.0 Å². The van der Waals surface area contributed by atoms with Crippen molar-refractivity contribution in [2.75, 3.05) is 5.32 Å². The molecular weight excluding hydrogens is 194 g/mol. The predicted octanol–water partition coefficient (Wildman–Crippen LogP) is 2.15. The molecule has 2 rings (SSSR count). The molecule has 1 aromatic carbocycles. The van der Waals surface area contributed by atoms with Crippen LogP contribution in [0.3, 0.4) is 0 Å². The van der Waals surface area contributed by atoms with E-state index in [4.69, 9.17) is 5.11 Å². The highest BCUT2D eigenvalue weighted by molar-refractivity contribution is 5.83. The number of aliphatic hydroxyl groups is 1. The van der Waals surface area contributed by atoms with Gasteiger partial charge in [0, 0.05) is 5.69 Å². The van der Waals surface area contributed by atoms with Crippen LogP contribution in [0.15, 0.2) is 18.2 Å². The first-order chi connectivity index (χ1) is 7.16. The van der Waals surface area contributed by atoms with Crippen molar-refractivity contribution in [2.24, 2.45) is 0 Å². The quantitative estimate of drug-likeness (QED) is 0.660. The van der Waals surface area contributed by atoms with Crippen molar-refractivity contribution in [2.45, 2.75) is 25.4 Å². The van der Waals surface area contributed by atoms with Crippen LogP contribution in [0.4, 0.5) is 10.5 Å². The highest BCUT2D eigenvalue weighted by Crippen LogP contribution is 2.31. The van der Waals surface area contributed by atoms with Gasteiger partial charge in [0.1, 0.15) is 0 Å². The second-order valence-corrected chi connectivity index (χ2v) is 3.75. The normalized spacial score (nSPS) is 19.4. The minimum atomic E-state index is -1.08. The van der Waals surface area contributed by atoms with Gasteiger partial charge in [0.15, 0.2) is 0 Å². The van der Waals surface area contributed by atoms with E-state index in [1.807, 2.05) is 6.07 Å². The van der Waals surface area contributed by atoms with E-state index in [1.165, 1.54) is 0 Å². The Bertz CT molecular complexity index is 389. The Morgan fingerprint density at radius 3 is 3.00 bits per heavy atom. The molecule has 0 radical (unpaired) electrons. The van der Waals surface area contributed by atoms with Crippen molar-refractivity contribution in [3.8, 4) is 0 Å². The highest BCUT2D eigenvalue weighted by Gasteiger charge is 2.18. The zero-order chi connectivity index (χ0) is 10.8. The third-order valence-electron chi connectivity index (χ3n) is 2.68. The number of aliphatic hydroxyl groups excluding tert-OH is 1. The molecule has 0 saturated carbocycles. The summed E-state index contributed by atoms with van der Waals surface area (Å²) in [6.45, 7) is 0. The monoisotopic (exact) mass is 207 g/mol. The summed E-state index contributed by atoms with van der Waals surface area (Å²) in [5.41, 5.74) is 2.49. The van der Waals surface area contributed by atoms with Crippen molar-refractivity contribution in [1.29, 1.82) is 0 Å². The van der Waals surface area contributed by atoms with Gasteiger partial charge in [0.05, 0.1) is 6.10 Å². The maximum Gasteiger partial charge on any atom is 0.409 e. The first-order valence-electron chi connectivity index (χ1n) is 4.97. The van der Waals surface area contributed by atoms with E-state index in [0.29, 0.717) is 5.69 Å². The van der Waals surface area contributed by atoms with E-state index in [-0.39, 0.29) is 0 Å². The number of benzene rings is 1. The predicted molar refractivity (Wildman–Crippen MR) is 56.0 cm³/mol. The standard InChI is InChI=1S/C11H13NO3/c13-10-3-1-2-7-4-5-8(6-9(7)10)12-11(14)15/h4-6,10,12-13H,1-3H2,(H,14,15). The fourth-order valence-electron chi connectivity index (χ4n) is 1.98. The van der Waals surface area contributed by atoms with Gasteiger partial charge in [-0.25, -0.2) is 4.79 Å². The van der Waals surface area contributed by atoms with Crippen molar-refractivity contribution in [3.05, 3.63) is 29.3 Å². The highest BCUT2D eigenvalue weighted by atomic mass is 16.4. The van der Waals surface area contributed by atoms with E-state index < -0.39 is 12.2 Å². The Morgan fingerprint density at radius 2 is 2.27 bits per heavy atom. The van der Waals surface area contributed by atoms with Gasteiger partial charge in [-0.1, -0.05) is 6.07 Å². The fourth-order valence-corrected chi connectivity index (χ4v) is 1.98. The molecule has 0 fully saturated rings. The van der Waals surface area contributed by atoms with Gasteiger partial charge in [-0.2, -0.15) is 0 Å². The van der Waals surface area contributed by atoms with Crippen LogP contribution in [0.1, 0.15) is 30.1 Å². The molecule has 15 heavy (non-hydrogen) atoms. The van der Waals surface area contributed by atoms with Gasteiger partial charge in [-0.05, 0) is 42.5 Å². The van der Waals surface area contributed by atoms with Gasteiger partial charge < -0.3 is 10.2 Å². The molecule has 80 valence electrons. The summed E-state index contributed by atoms with van der Waals surface area (Å²) in [6, 6.07) is 5.32. The number of carbonyl (C=O) groups is 1. The average Bonchev–Trinajstić information content (AvgIpc) is 2.18. The minimum Gasteiger partial charge on any atom is -0.465 e. The first-order valence-corrected chi connectivity index (χ1v) is 4.97. The molecule has 0 bridgehead atoms. The van der Waals surface area contributed by atoms with Crippen molar-refractivity contribution in [1.82, 2.24) is 0 Å². The molecule has 1 aliphatic carbocycles. The summed E-state index contributed by atoms with van der Waals surface area (Å²) in [5.74, 6) is 0. The van der Waals surface area contributed by atoms with Crippen LogP contribution >= 0.6 is 0 Å². The minimum absolute atomic E-state index is 0.454. The zero-order valence-electron chi connectivity index (χ0n) is 8.23. The maximum absolute atomic E-state index is 10.4. The summed E-state index contributed by atoms with van der Waals surface area (Å²) in [6.07, 6.45) is 1.16. The Labute approximate surface area is 87.6 Å². The molecule has 0 heterocycles. The van der Waals surface area contributed by atoms with E-state index in [9.17, 15) is 9.90 Å². The van der Waals surface area contributed by atoms with Gasteiger partial charge >= 0.3 is 6.09 Å². The summed E-state index contributed by atoms with van der Waals surface area (Å²) in [5, 5.41) is 20.6. The number of hydrogen-bond acceptors (Lipinski definition) is 2. The molecular formula is C11H13NO3. The summed E-state index contributed by atoms with van der Waals surface area (Å²) < 4.78 is 0. The summed E-state index contributed by atoms with van der Waals surface area (Å²) in [7, 11) is 0. The van der Waals surface area contributed by atoms with Crippen molar-refractivity contribution in [3.63, 3.8) is 0 Å². The van der Waals surface area contributed by atoms with E-state index in [0.717, 1.165) is 30.4 Å². The summed E-state index contributed by atoms with van der Waals surface area (Å²) >= 11 is 0. The van der Waals surface area contributed by atoms with Gasteiger partial charge in [-0.15, -0.1) is 0 Å². The number of hydrogen-bond donors (Lipinski definition) is 3. The van der Waals surface area contributed by atoms with Crippen molar-refractivity contribution >= 4 is 11.8 Å². The lowest BCUT2D eigenvalue weighted by molar-refractivity contribution is 0.156. The van der Waals surface area contributed by atoms with E-state index in [1.54, 1.807) is 12.1 Å². The molecule has 4 nitrogen and oxygen atoms in total. The largest absolute Gasteiger partial charge is 0.465 e. The second-order valence-electron chi connectivity index (χ2n) is 3.75. The second kappa shape index (κ2) is 3.90. The van der Waals surface area contributed by atoms with Gasteiger partial charge in [0.25, 0.3) is 0 Å². The Kier molecular flexibility index (Phi) is 2.60. The Balaban J connectivity index is 2.31. The fraction of sp³-hybridized carbons (Fsp3) is 0.364. The first kappa shape index (κ1) is 9.98. The Morgan fingerprint density at radius 1 is 1.47 bits per heavy atom. The molecule has 1 aliphatic rings. The number of anilines is 1. The van der Waals surface area contributed by atoms with E-state index in [2.05, 4.69) is 5.32 Å². The number of fused-ring (bicyclic) bond motifs is 1. The van der Waals surface area contributed by atoms with Crippen LogP contribution in [0.2, 0.25) is 0 Å². The van der Waals surface area contributed by atoms with Crippen LogP contribution in [-0.2, 0) is 6.42 Å². The smallest absolute Gasteiger partial charge is 0.409 e. The number of carboxylic acid groups (broad SMARTS) is 1. The lowest BCUT2D eigenvalue weighted by Crippen LogP contribution is -2.12. The summed E-state index contributed by atoms with van der Waals surface area (Å²) in [4.78, 5) is 10.4. The number of rotatable bonds is 1. The molecule has 4 heteroatoms. The number of amides is 1. The maximum atomic E-state index is 10.4. The zero-order valence-corrected chi connectivity index (χ0v) is 8.23. The molecule has 0 saturated heterocycles. The van der Waals surface area contributed by atoms with Crippen LogP contribution in [0, 0.1) is 0 Å². The molecule has 0 spiro atoms. The Hall–Kier alpha value is -1.55. The topological polar surface area (TPSA) is 69.6 Å².